The number of aldehydes is 1. The van der Waals surface area contributed by atoms with Gasteiger partial charge in [0.1, 0.15) is 16.5 Å². The smallest absolute Gasteiger partial charge is 0.199 e. The molecule has 1 aromatic rings. The minimum Gasteiger partial charge on any atom is -0.405 e. The zero-order chi connectivity index (χ0) is 14.8. The maximum atomic E-state index is 10.8. The molecule has 0 radical (unpaired) electrons. The van der Waals surface area contributed by atoms with Gasteiger partial charge >= 0.3 is 0 Å². The Balaban J connectivity index is 2.37. The van der Waals surface area contributed by atoms with Crippen molar-refractivity contribution in [3.05, 3.63) is 28.5 Å². The maximum Gasteiger partial charge on any atom is 0.199 e. The van der Waals surface area contributed by atoms with Gasteiger partial charge in [0.05, 0.1) is 5.69 Å². The number of carbonyl (C=O) groups is 1. The van der Waals surface area contributed by atoms with Gasteiger partial charge in [-0.05, 0) is 46.6 Å². The van der Waals surface area contributed by atoms with Crippen LogP contribution in [0, 0.1) is 0 Å². The summed E-state index contributed by atoms with van der Waals surface area (Å²) in [5.41, 5.74) is 1.10. The molecule has 5 heteroatoms. The van der Waals surface area contributed by atoms with Crippen LogP contribution in [0.5, 0.6) is 0 Å². The average molecular weight is 356 g/mol. The molecular weight excluding hydrogens is 334 g/mol. The lowest BCUT2D eigenvalue weighted by molar-refractivity contribution is -0.110. The van der Waals surface area contributed by atoms with Crippen molar-refractivity contribution in [2.75, 3.05) is 0 Å². The number of halogens is 1. The van der Waals surface area contributed by atoms with Gasteiger partial charge in [0.25, 0.3) is 0 Å². The number of nitrogens with zero attached hydrogens (tertiary/aromatic N) is 1. The molecule has 1 aromatic heterocycles. The summed E-state index contributed by atoms with van der Waals surface area (Å²) in [5, 5.41) is 0. The number of aromatic nitrogens is 1. The van der Waals surface area contributed by atoms with Gasteiger partial charge in [-0.3, -0.25) is 0 Å². The van der Waals surface area contributed by atoms with E-state index in [9.17, 15) is 4.79 Å². The van der Waals surface area contributed by atoms with Gasteiger partial charge in [0, 0.05) is 12.0 Å². The van der Waals surface area contributed by atoms with E-state index in [-0.39, 0.29) is 5.60 Å². The van der Waals surface area contributed by atoms with Crippen LogP contribution in [0.4, 0.5) is 0 Å². The van der Waals surface area contributed by atoms with E-state index in [4.69, 9.17) is 4.43 Å². The lowest BCUT2D eigenvalue weighted by Crippen LogP contribution is -2.65. The zero-order valence-corrected chi connectivity index (χ0v) is 14.9. The molecule has 3 nitrogen and oxygen atoms in total. The molecule has 0 aliphatic carbocycles. The Hall–Kier alpha value is -0.523. The minimum absolute atomic E-state index is 0.358. The van der Waals surface area contributed by atoms with E-state index in [0.717, 1.165) is 35.1 Å². The summed E-state index contributed by atoms with van der Waals surface area (Å²) in [6.45, 7) is 6.74. The first-order valence-corrected chi connectivity index (χ1v) is 10.5. The first kappa shape index (κ1) is 15.9. The van der Waals surface area contributed by atoms with Crippen molar-refractivity contribution in [2.45, 2.75) is 56.8 Å². The van der Waals surface area contributed by atoms with Gasteiger partial charge in [0.2, 0.25) is 0 Å². The molecule has 0 aromatic carbocycles. The first-order valence-electron chi connectivity index (χ1n) is 7.31. The van der Waals surface area contributed by atoms with E-state index in [1.165, 1.54) is 0 Å². The number of rotatable bonds is 6. The molecule has 0 N–H and O–H groups in total. The molecular formula is C15H22BrNO2Si. The maximum absolute atomic E-state index is 10.8. The van der Waals surface area contributed by atoms with Crippen LogP contribution in [0.2, 0.25) is 17.6 Å². The van der Waals surface area contributed by atoms with Crippen LogP contribution < -0.4 is 0 Å². The summed E-state index contributed by atoms with van der Waals surface area (Å²) >= 11 is 3.43. The second-order valence-corrected chi connectivity index (χ2v) is 11.0. The highest BCUT2D eigenvalue weighted by Gasteiger charge is 2.63. The van der Waals surface area contributed by atoms with Crippen molar-refractivity contribution in [1.82, 2.24) is 4.98 Å². The Morgan fingerprint density at radius 1 is 1.45 bits per heavy atom. The fraction of sp³-hybridized carbons (Fsp3) is 0.600. The molecule has 1 aliphatic heterocycles. The Kier molecular flexibility index (Phi) is 4.82. The summed E-state index contributed by atoms with van der Waals surface area (Å²) in [6.07, 6.45) is 2.24. The highest BCUT2D eigenvalue weighted by molar-refractivity contribution is 9.10. The molecule has 2 atom stereocenters. The van der Waals surface area contributed by atoms with Crippen molar-refractivity contribution in [2.24, 2.45) is 0 Å². The van der Waals surface area contributed by atoms with Crippen LogP contribution in [0.3, 0.4) is 0 Å². The fourth-order valence-corrected chi connectivity index (χ4v) is 8.17. The van der Waals surface area contributed by atoms with Crippen LogP contribution in [-0.4, -0.2) is 19.6 Å². The molecule has 1 fully saturated rings. The molecule has 0 spiro atoms. The van der Waals surface area contributed by atoms with E-state index < -0.39 is 8.32 Å². The van der Waals surface area contributed by atoms with E-state index in [1.54, 1.807) is 0 Å². The highest BCUT2D eigenvalue weighted by Crippen LogP contribution is 2.59. The Morgan fingerprint density at radius 2 is 2.15 bits per heavy atom. The number of hydrogen-bond donors (Lipinski definition) is 0. The van der Waals surface area contributed by atoms with Crippen LogP contribution in [0.15, 0.2) is 22.8 Å². The number of carbonyl (C=O) groups excluding carboxylic acids is 1. The third-order valence-electron chi connectivity index (χ3n) is 4.85. The van der Waals surface area contributed by atoms with E-state index in [1.807, 2.05) is 18.2 Å². The second-order valence-electron chi connectivity index (χ2n) is 5.54. The molecule has 0 amide bonds. The quantitative estimate of drug-likeness (QED) is 0.430. The molecule has 2 heterocycles. The Labute approximate surface area is 130 Å². The summed E-state index contributed by atoms with van der Waals surface area (Å²) < 4.78 is 7.39. The van der Waals surface area contributed by atoms with Crippen LogP contribution >= 0.6 is 15.9 Å². The number of hydrogen-bond acceptors (Lipinski definition) is 3. The second kappa shape index (κ2) is 6.08. The monoisotopic (exact) mass is 355 g/mol. The van der Waals surface area contributed by atoms with Crippen LogP contribution in [0.1, 0.15) is 39.3 Å². The molecule has 110 valence electrons. The highest BCUT2D eigenvalue weighted by atomic mass is 79.9. The van der Waals surface area contributed by atoms with Crippen molar-refractivity contribution in [3.8, 4) is 0 Å². The Morgan fingerprint density at radius 3 is 2.65 bits per heavy atom. The first-order chi connectivity index (χ1) is 9.54. The fourth-order valence-electron chi connectivity index (χ4n) is 3.50. The van der Waals surface area contributed by atoms with Crippen molar-refractivity contribution in [3.63, 3.8) is 0 Å². The van der Waals surface area contributed by atoms with Gasteiger partial charge in [0.15, 0.2) is 8.32 Å². The molecule has 1 aliphatic rings. The zero-order valence-electron chi connectivity index (χ0n) is 12.4. The normalized spacial score (nSPS) is 27.9. The average Bonchev–Trinajstić information content (AvgIpc) is 2.47. The topological polar surface area (TPSA) is 39.2 Å². The summed E-state index contributed by atoms with van der Waals surface area (Å²) in [4.78, 5) is 15.4. The standard InChI is InChI=1S/C15H22BrNO2Si/c1-4-20(5-2)12(3)15(19-20,10-7-11-18)13-8-6-9-14(16)17-13/h6,8-9,11-12H,4-5,7,10H2,1-3H3. The largest absolute Gasteiger partial charge is 0.405 e. The Bertz CT molecular complexity index is 493. The third kappa shape index (κ3) is 2.40. The minimum atomic E-state index is -1.65. The lowest BCUT2D eigenvalue weighted by atomic mass is 9.89. The predicted octanol–water partition coefficient (Wildman–Crippen LogP) is 4.42. The van der Waals surface area contributed by atoms with Crippen molar-refractivity contribution in [1.29, 1.82) is 0 Å². The molecule has 2 unspecified atom stereocenters. The number of pyridine rings is 1. The predicted molar refractivity (Wildman–Crippen MR) is 86.1 cm³/mol. The van der Waals surface area contributed by atoms with E-state index in [2.05, 4.69) is 41.7 Å². The summed E-state index contributed by atoms with van der Waals surface area (Å²) in [5.74, 6) is 0. The SMILES string of the molecule is CC[Si]1(CC)OC(CCC=O)(c2cccc(Br)n2)C1C. The van der Waals surface area contributed by atoms with Crippen LogP contribution in [0.25, 0.3) is 0 Å². The van der Waals surface area contributed by atoms with Crippen molar-refractivity contribution < 1.29 is 9.22 Å². The van der Waals surface area contributed by atoms with Gasteiger partial charge in [-0.2, -0.15) is 0 Å². The molecule has 20 heavy (non-hydrogen) atoms. The van der Waals surface area contributed by atoms with Gasteiger partial charge in [-0.25, -0.2) is 4.98 Å². The van der Waals surface area contributed by atoms with E-state index >= 15 is 0 Å². The summed E-state index contributed by atoms with van der Waals surface area (Å²) in [6, 6.07) is 8.19. The van der Waals surface area contributed by atoms with Gasteiger partial charge in [-0.15, -0.1) is 0 Å². The lowest BCUT2D eigenvalue weighted by Gasteiger charge is -2.60. The molecule has 0 saturated carbocycles. The van der Waals surface area contributed by atoms with Crippen LogP contribution in [-0.2, 0) is 14.8 Å². The van der Waals surface area contributed by atoms with Gasteiger partial charge in [-0.1, -0.05) is 26.8 Å². The van der Waals surface area contributed by atoms with Crippen molar-refractivity contribution >= 4 is 30.5 Å². The third-order valence-corrected chi connectivity index (χ3v) is 10.5. The summed E-state index contributed by atoms with van der Waals surface area (Å²) in [7, 11) is -1.65. The van der Waals surface area contributed by atoms with Gasteiger partial charge < -0.3 is 9.22 Å². The van der Waals surface area contributed by atoms with E-state index in [0.29, 0.717) is 12.0 Å². The molecule has 2 rings (SSSR count). The molecule has 1 saturated heterocycles. The molecule has 0 bridgehead atoms.